The number of halogens is 2. The molecule has 1 amide bonds. The van der Waals surface area contributed by atoms with Crippen LogP contribution in [0.2, 0.25) is 10.0 Å². The van der Waals surface area contributed by atoms with E-state index in [4.69, 9.17) is 32.7 Å². The number of aromatic nitrogens is 1. The van der Waals surface area contributed by atoms with Crippen LogP contribution in [0, 0.1) is 0 Å². The van der Waals surface area contributed by atoms with Crippen molar-refractivity contribution in [2.75, 3.05) is 24.7 Å². The Morgan fingerprint density at radius 2 is 2.04 bits per heavy atom. The van der Waals surface area contributed by atoms with Crippen molar-refractivity contribution in [3.63, 3.8) is 0 Å². The molecule has 0 bridgehead atoms. The molecule has 0 spiro atoms. The number of benzene rings is 2. The molecule has 4 rings (SSSR count). The van der Waals surface area contributed by atoms with Crippen LogP contribution < -0.4 is 14.4 Å². The molecule has 3 aromatic rings. The first-order chi connectivity index (χ1) is 13.0. The largest absolute Gasteiger partial charge is 0.486 e. The van der Waals surface area contributed by atoms with Gasteiger partial charge in [0.2, 0.25) is 5.91 Å². The highest BCUT2D eigenvalue weighted by molar-refractivity contribution is 7.22. The van der Waals surface area contributed by atoms with E-state index in [1.54, 1.807) is 17.0 Å². The fourth-order valence-electron chi connectivity index (χ4n) is 2.96. The fourth-order valence-corrected chi connectivity index (χ4v) is 4.44. The zero-order valence-electron chi connectivity index (χ0n) is 14.5. The minimum Gasteiger partial charge on any atom is -0.486 e. The number of fused-ring (bicyclic) bond motifs is 2. The van der Waals surface area contributed by atoms with Crippen LogP contribution in [-0.2, 0) is 11.2 Å². The number of likely N-dealkylation sites (N-methyl/N-ethyl adjacent to an activating group) is 1. The van der Waals surface area contributed by atoms with Crippen molar-refractivity contribution in [2.24, 2.45) is 0 Å². The summed E-state index contributed by atoms with van der Waals surface area (Å²) in [5.74, 6) is 1.05. The third kappa shape index (κ3) is 3.70. The predicted octanol–water partition coefficient (Wildman–Crippen LogP) is 4.97. The lowest BCUT2D eigenvalue weighted by molar-refractivity contribution is -0.117. The molecule has 8 heteroatoms. The van der Waals surface area contributed by atoms with Crippen LogP contribution in [0.3, 0.4) is 0 Å². The summed E-state index contributed by atoms with van der Waals surface area (Å²) >= 11 is 13.8. The molecule has 0 saturated heterocycles. The van der Waals surface area contributed by atoms with Gasteiger partial charge in [-0.1, -0.05) is 34.5 Å². The molecule has 0 fully saturated rings. The van der Waals surface area contributed by atoms with Gasteiger partial charge >= 0.3 is 0 Å². The molecule has 2 aromatic carbocycles. The van der Waals surface area contributed by atoms with Gasteiger partial charge in [-0.2, -0.15) is 0 Å². The Labute approximate surface area is 170 Å². The van der Waals surface area contributed by atoms with E-state index in [9.17, 15) is 4.79 Å². The van der Waals surface area contributed by atoms with Crippen LogP contribution >= 0.6 is 34.5 Å². The number of thiazole rings is 1. The number of nitrogens with zero attached hydrogens (tertiary/aromatic N) is 2. The fraction of sp³-hybridized carbons (Fsp3) is 0.263. The summed E-state index contributed by atoms with van der Waals surface area (Å²) < 4.78 is 12.1. The minimum atomic E-state index is -0.0598. The molecule has 0 atom stereocenters. The molecule has 0 saturated carbocycles. The molecule has 5 nitrogen and oxygen atoms in total. The summed E-state index contributed by atoms with van der Waals surface area (Å²) in [6, 6.07) is 9.10. The van der Waals surface area contributed by atoms with Crippen LogP contribution in [-0.4, -0.2) is 30.6 Å². The summed E-state index contributed by atoms with van der Waals surface area (Å²) in [4.78, 5) is 19.2. The molecule has 27 heavy (non-hydrogen) atoms. The van der Waals surface area contributed by atoms with Crippen LogP contribution in [0.4, 0.5) is 5.13 Å². The van der Waals surface area contributed by atoms with Crippen molar-refractivity contribution >= 4 is 55.8 Å². The Balaban J connectivity index is 1.59. The first kappa shape index (κ1) is 18.3. The van der Waals surface area contributed by atoms with Gasteiger partial charge in [0.25, 0.3) is 0 Å². The number of amides is 1. The summed E-state index contributed by atoms with van der Waals surface area (Å²) in [6.45, 7) is 3.38. The van der Waals surface area contributed by atoms with Gasteiger partial charge in [-0.05, 0) is 42.8 Å². The van der Waals surface area contributed by atoms with Gasteiger partial charge in [0.05, 0.1) is 21.7 Å². The van der Waals surface area contributed by atoms with Gasteiger partial charge in [-0.25, -0.2) is 4.98 Å². The number of carbonyl (C=O) groups is 1. The first-order valence-corrected chi connectivity index (χ1v) is 10.1. The quantitative estimate of drug-likeness (QED) is 0.595. The van der Waals surface area contributed by atoms with E-state index in [0.29, 0.717) is 46.4 Å². The summed E-state index contributed by atoms with van der Waals surface area (Å²) in [5, 5.41) is 1.73. The van der Waals surface area contributed by atoms with Gasteiger partial charge in [-0.3, -0.25) is 9.69 Å². The van der Waals surface area contributed by atoms with E-state index in [1.807, 2.05) is 25.1 Å². The molecule has 0 N–H and O–H groups in total. The molecule has 0 aliphatic carbocycles. The molecule has 0 radical (unpaired) electrons. The van der Waals surface area contributed by atoms with Crippen molar-refractivity contribution in [2.45, 2.75) is 13.3 Å². The third-order valence-corrected chi connectivity index (χ3v) is 5.77. The number of rotatable bonds is 4. The topological polar surface area (TPSA) is 51.7 Å². The van der Waals surface area contributed by atoms with Gasteiger partial charge in [0.15, 0.2) is 16.6 Å². The molecule has 0 unspecified atom stereocenters. The standard InChI is InChI=1S/C19H16Cl2N2O3S/c1-2-23(19-22-14-10-12(20)3-4-16(14)27-19)17(24)9-11-7-13(21)18-15(8-11)25-5-6-26-18/h3-4,7-8,10H,2,5-6,9H2,1H3. The normalized spacial score (nSPS) is 13.0. The van der Waals surface area contributed by atoms with E-state index in [2.05, 4.69) is 4.98 Å². The molecular formula is C19H16Cl2N2O3S. The lowest BCUT2D eigenvalue weighted by Gasteiger charge is -2.21. The SMILES string of the molecule is CCN(C(=O)Cc1cc(Cl)c2c(c1)OCCO2)c1nc2cc(Cl)ccc2s1. The molecule has 1 aromatic heterocycles. The lowest BCUT2D eigenvalue weighted by Crippen LogP contribution is -2.32. The number of hydrogen-bond acceptors (Lipinski definition) is 5. The Bertz CT molecular complexity index is 1020. The van der Waals surface area contributed by atoms with Crippen molar-refractivity contribution in [3.05, 3.63) is 45.9 Å². The van der Waals surface area contributed by atoms with Gasteiger partial charge < -0.3 is 9.47 Å². The van der Waals surface area contributed by atoms with E-state index in [1.165, 1.54) is 11.3 Å². The van der Waals surface area contributed by atoms with Crippen LogP contribution in [0.15, 0.2) is 30.3 Å². The Kier molecular flexibility index (Phi) is 5.12. The average molecular weight is 423 g/mol. The maximum atomic E-state index is 12.9. The monoisotopic (exact) mass is 422 g/mol. The maximum absolute atomic E-state index is 12.9. The highest BCUT2D eigenvalue weighted by Crippen LogP contribution is 2.38. The molecule has 1 aliphatic rings. The van der Waals surface area contributed by atoms with Gasteiger partial charge in [0, 0.05) is 11.6 Å². The Hall–Kier alpha value is -2.02. The Morgan fingerprint density at radius 3 is 2.85 bits per heavy atom. The van der Waals surface area contributed by atoms with Crippen molar-refractivity contribution in [1.29, 1.82) is 0 Å². The molecule has 2 heterocycles. The van der Waals surface area contributed by atoms with Crippen LogP contribution in [0.25, 0.3) is 10.2 Å². The van der Waals surface area contributed by atoms with E-state index in [0.717, 1.165) is 15.8 Å². The summed E-state index contributed by atoms with van der Waals surface area (Å²) in [7, 11) is 0. The van der Waals surface area contributed by atoms with E-state index in [-0.39, 0.29) is 12.3 Å². The predicted molar refractivity (Wildman–Crippen MR) is 109 cm³/mol. The highest BCUT2D eigenvalue weighted by atomic mass is 35.5. The minimum absolute atomic E-state index is 0.0598. The average Bonchev–Trinajstić information content (AvgIpc) is 3.05. The van der Waals surface area contributed by atoms with Gasteiger partial charge in [0.1, 0.15) is 13.2 Å². The van der Waals surface area contributed by atoms with E-state index >= 15 is 0 Å². The number of ether oxygens (including phenoxy) is 2. The van der Waals surface area contributed by atoms with Gasteiger partial charge in [-0.15, -0.1) is 0 Å². The molecular weight excluding hydrogens is 407 g/mol. The first-order valence-electron chi connectivity index (χ1n) is 8.49. The summed E-state index contributed by atoms with van der Waals surface area (Å²) in [5.41, 5.74) is 1.56. The zero-order chi connectivity index (χ0) is 19.0. The number of hydrogen-bond donors (Lipinski definition) is 0. The second kappa shape index (κ2) is 7.54. The lowest BCUT2D eigenvalue weighted by atomic mass is 10.1. The molecule has 1 aliphatic heterocycles. The van der Waals surface area contributed by atoms with Crippen molar-refractivity contribution < 1.29 is 14.3 Å². The second-order valence-electron chi connectivity index (χ2n) is 6.03. The Morgan fingerprint density at radius 1 is 1.22 bits per heavy atom. The van der Waals surface area contributed by atoms with E-state index < -0.39 is 0 Å². The molecule has 140 valence electrons. The van der Waals surface area contributed by atoms with Crippen LogP contribution in [0.1, 0.15) is 12.5 Å². The number of anilines is 1. The maximum Gasteiger partial charge on any atom is 0.233 e. The van der Waals surface area contributed by atoms with Crippen molar-refractivity contribution in [1.82, 2.24) is 4.98 Å². The smallest absolute Gasteiger partial charge is 0.233 e. The summed E-state index contributed by atoms with van der Waals surface area (Å²) in [6.07, 6.45) is 0.195. The van der Waals surface area contributed by atoms with Crippen molar-refractivity contribution in [3.8, 4) is 11.5 Å². The second-order valence-corrected chi connectivity index (χ2v) is 7.88. The number of carbonyl (C=O) groups excluding carboxylic acids is 1. The van der Waals surface area contributed by atoms with Crippen LogP contribution in [0.5, 0.6) is 11.5 Å². The zero-order valence-corrected chi connectivity index (χ0v) is 16.8. The third-order valence-electron chi connectivity index (χ3n) is 4.20. The highest BCUT2D eigenvalue weighted by Gasteiger charge is 2.21.